The maximum absolute atomic E-state index is 12.0. The molecule has 1 heterocycles. The zero-order chi connectivity index (χ0) is 12.8. The molecule has 0 saturated carbocycles. The quantitative estimate of drug-likeness (QED) is 0.845. The second kappa shape index (κ2) is 6.77. The summed E-state index contributed by atoms with van der Waals surface area (Å²) in [6.07, 6.45) is 0.885. The van der Waals surface area contributed by atoms with E-state index in [1.807, 2.05) is 25.3 Å². The zero-order valence-corrected chi connectivity index (χ0v) is 11.5. The van der Waals surface area contributed by atoms with Crippen LogP contribution in [0.25, 0.3) is 0 Å². The van der Waals surface area contributed by atoms with Gasteiger partial charge in [0.15, 0.2) is 0 Å². The Morgan fingerprint density at radius 1 is 1.53 bits per heavy atom. The summed E-state index contributed by atoms with van der Waals surface area (Å²) in [5.41, 5.74) is 0. The van der Waals surface area contributed by atoms with E-state index in [1.54, 1.807) is 23.3 Å². The van der Waals surface area contributed by atoms with Crippen molar-refractivity contribution < 1.29 is 9.90 Å². The first kappa shape index (κ1) is 14.2. The molecule has 0 saturated heterocycles. The molecule has 4 heteroatoms. The lowest BCUT2D eigenvalue weighted by atomic mass is 9.95. The van der Waals surface area contributed by atoms with Gasteiger partial charge in [-0.05, 0) is 23.8 Å². The topological polar surface area (TPSA) is 40.5 Å². The fourth-order valence-corrected chi connectivity index (χ4v) is 2.40. The van der Waals surface area contributed by atoms with E-state index < -0.39 is 0 Å². The lowest BCUT2D eigenvalue weighted by molar-refractivity contribution is -0.137. The van der Waals surface area contributed by atoms with E-state index in [2.05, 4.69) is 6.07 Å². The van der Waals surface area contributed by atoms with Crippen molar-refractivity contribution in [2.75, 3.05) is 20.2 Å². The smallest absolute Gasteiger partial charge is 0.228 e. The van der Waals surface area contributed by atoms with Gasteiger partial charge in [0.25, 0.3) is 0 Å². The van der Waals surface area contributed by atoms with Gasteiger partial charge in [-0.2, -0.15) is 0 Å². The molecule has 1 rings (SSSR count). The van der Waals surface area contributed by atoms with Gasteiger partial charge >= 0.3 is 0 Å². The molecule has 1 aromatic rings. The van der Waals surface area contributed by atoms with Crippen LogP contribution in [0, 0.1) is 11.8 Å². The molecule has 1 N–H and O–H groups in total. The van der Waals surface area contributed by atoms with Crippen molar-refractivity contribution in [2.45, 2.75) is 20.3 Å². The highest BCUT2D eigenvalue weighted by molar-refractivity contribution is 7.09. The Kier molecular flexibility index (Phi) is 5.65. The van der Waals surface area contributed by atoms with Crippen molar-refractivity contribution in [1.29, 1.82) is 0 Å². The van der Waals surface area contributed by atoms with Gasteiger partial charge in [-0.3, -0.25) is 4.79 Å². The normalized spacial score (nSPS) is 12.8. The van der Waals surface area contributed by atoms with Gasteiger partial charge in [-0.1, -0.05) is 19.9 Å². The van der Waals surface area contributed by atoms with Gasteiger partial charge in [0.1, 0.15) is 0 Å². The third-order valence-electron chi connectivity index (χ3n) is 2.97. The summed E-state index contributed by atoms with van der Waals surface area (Å²) in [6.45, 7) is 4.57. The van der Waals surface area contributed by atoms with Crippen molar-refractivity contribution in [3.63, 3.8) is 0 Å². The van der Waals surface area contributed by atoms with Gasteiger partial charge in [0, 0.05) is 18.5 Å². The van der Waals surface area contributed by atoms with E-state index in [0.717, 1.165) is 6.42 Å². The van der Waals surface area contributed by atoms with E-state index in [9.17, 15) is 9.90 Å². The molecule has 0 bridgehead atoms. The minimum atomic E-state index is -0.275. The predicted octanol–water partition coefficient (Wildman–Crippen LogP) is 2.01. The summed E-state index contributed by atoms with van der Waals surface area (Å²) >= 11 is 1.71. The highest BCUT2D eigenvalue weighted by Gasteiger charge is 2.24. The van der Waals surface area contributed by atoms with Crippen LogP contribution in [0.1, 0.15) is 18.7 Å². The number of amides is 1. The van der Waals surface area contributed by atoms with Crippen LogP contribution in [-0.2, 0) is 11.2 Å². The summed E-state index contributed by atoms with van der Waals surface area (Å²) in [4.78, 5) is 15.1. The van der Waals surface area contributed by atoms with E-state index >= 15 is 0 Å². The van der Waals surface area contributed by atoms with Crippen LogP contribution in [0.15, 0.2) is 17.5 Å². The van der Waals surface area contributed by atoms with Gasteiger partial charge in [0.05, 0.1) is 12.5 Å². The van der Waals surface area contributed by atoms with E-state index in [0.29, 0.717) is 6.54 Å². The van der Waals surface area contributed by atoms with Gasteiger partial charge in [0.2, 0.25) is 5.91 Å². The van der Waals surface area contributed by atoms with Crippen LogP contribution in [-0.4, -0.2) is 36.1 Å². The van der Waals surface area contributed by atoms with Crippen LogP contribution in [0.3, 0.4) is 0 Å². The van der Waals surface area contributed by atoms with Gasteiger partial charge < -0.3 is 10.0 Å². The highest BCUT2D eigenvalue weighted by atomic mass is 32.1. The number of thiophene rings is 1. The number of carbonyl (C=O) groups is 1. The SMILES string of the molecule is CC(C)C(CO)C(=O)N(C)CCc1cccs1. The molecule has 0 fully saturated rings. The summed E-state index contributed by atoms with van der Waals surface area (Å²) in [5.74, 6) is -0.0564. The number of aliphatic hydroxyl groups excluding tert-OH is 1. The first-order valence-electron chi connectivity index (χ1n) is 5.94. The number of nitrogens with zero attached hydrogens (tertiary/aromatic N) is 1. The first-order chi connectivity index (χ1) is 8.06. The Hall–Kier alpha value is -0.870. The molecule has 0 aliphatic carbocycles. The molecular weight excluding hydrogens is 234 g/mol. The maximum Gasteiger partial charge on any atom is 0.228 e. The van der Waals surface area contributed by atoms with Crippen molar-refractivity contribution in [3.05, 3.63) is 22.4 Å². The molecule has 0 radical (unpaired) electrons. The fourth-order valence-electron chi connectivity index (χ4n) is 1.70. The van der Waals surface area contributed by atoms with Crippen LogP contribution >= 0.6 is 11.3 Å². The lowest BCUT2D eigenvalue weighted by Gasteiger charge is -2.24. The minimum Gasteiger partial charge on any atom is -0.396 e. The number of hydrogen-bond donors (Lipinski definition) is 1. The Labute approximate surface area is 107 Å². The first-order valence-corrected chi connectivity index (χ1v) is 6.82. The second-order valence-corrected chi connectivity index (χ2v) is 5.65. The number of aliphatic hydroxyl groups is 1. The van der Waals surface area contributed by atoms with Crippen LogP contribution in [0.2, 0.25) is 0 Å². The van der Waals surface area contributed by atoms with Crippen LogP contribution in [0.4, 0.5) is 0 Å². The van der Waals surface area contributed by atoms with Crippen LogP contribution < -0.4 is 0 Å². The third kappa shape index (κ3) is 4.13. The average molecular weight is 255 g/mol. The second-order valence-electron chi connectivity index (χ2n) is 4.62. The maximum atomic E-state index is 12.0. The number of rotatable bonds is 6. The van der Waals surface area contributed by atoms with E-state index in [4.69, 9.17) is 0 Å². The molecule has 1 unspecified atom stereocenters. The van der Waals surface area contributed by atoms with Gasteiger partial charge in [-0.15, -0.1) is 11.3 Å². The summed E-state index contributed by atoms with van der Waals surface area (Å²) in [6, 6.07) is 4.10. The minimum absolute atomic E-state index is 0.0408. The largest absolute Gasteiger partial charge is 0.396 e. The van der Waals surface area contributed by atoms with Crippen molar-refractivity contribution in [3.8, 4) is 0 Å². The number of hydrogen-bond acceptors (Lipinski definition) is 3. The predicted molar refractivity (Wildman–Crippen MR) is 71.1 cm³/mol. The molecule has 3 nitrogen and oxygen atoms in total. The molecule has 96 valence electrons. The van der Waals surface area contributed by atoms with Crippen molar-refractivity contribution >= 4 is 17.2 Å². The fraction of sp³-hybridized carbons (Fsp3) is 0.615. The summed E-state index contributed by atoms with van der Waals surface area (Å²) in [5, 5.41) is 11.3. The monoisotopic (exact) mass is 255 g/mol. The number of carbonyl (C=O) groups excluding carboxylic acids is 1. The Bertz CT molecular complexity index is 335. The summed E-state index contributed by atoms with van der Waals surface area (Å²) in [7, 11) is 1.81. The Morgan fingerprint density at radius 3 is 2.71 bits per heavy atom. The van der Waals surface area contributed by atoms with Crippen LogP contribution in [0.5, 0.6) is 0 Å². The molecule has 0 aliphatic heterocycles. The standard InChI is InChI=1S/C13H21NO2S/c1-10(2)12(9-15)13(16)14(3)7-6-11-5-4-8-17-11/h4-5,8,10,12,15H,6-7,9H2,1-3H3. The molecular formula is C13H21NO2S. The van der Waals surface area contributed by atoms with Crippen molar-refractivity contribution in [2.24, 2.45) is 11.8 Å². The summed E-state index contributed by atoms with van der Waals surface area (Å²) < 4.78 is 0. The Morgan fingerprint density at radius 2 is 2.24 bits per heavy atom. The third-order valence-corrected chi connectivity index (χ3v) is 3.90. The number of likely N-dealkylation sites (N-methyl/N-ethyl adjacent to an activating group) is 1. The average Bonchev–Trinajstić information content (AvgIpc) is 2.78. The van der Waals surface area contributed by atoms with Gasteiger partial charge in [-0.25, -0.2) is 0 Å². The lowest BCUT2D eigenvalue weighted by Crippen LogP contribution is -2.38. The van der Waals surface area contributed by atoms with E-state index in [1.165, 1.54) is 4.88 Å². The molecule has 17 heavy (non-hydrogen) atoms. The molecule has 0 aromatic carbocycles. The highest BCUT2D eigenvalue weighted by Crippen LogP contribution is 2.14. The van der Waals surface area contributed by atoms with Crippen molar-refractivity contribution in [1.82, 2.24) is 4.90 Å². The Balaban J connectivity index is 2.46. The molecule has 0 aliphatic rings. The molecule has 0 spiro atoms. The molecule has 1 aromatic heterocycles. The molecule has 1 amide bonds. The van der Waals surface area contributed by atoms with E-state index in [-0.39, 0.29) is 24.3 Å². The molecule has 1 atom stereocenters. The zero-order valence-electron chi connectivity index (χ0n) is 10.7.